The van der Waals surface area contributed by atoms with Crippen molar-refractivity contribution in [3.05, 3.63) is 44.1 Å². The molecular formula is C14H20P2. The van der Waals surface area contributed by atoms with Crippen LogP contribution in [0.15, 0.2) is 44.1 Å². The fourth-order valence-corrected chi connectivity index (χ4v) is 3.95. The van der Waals surface area contributed by atoms with Gasteiger partial charge in [0.05, 0.1) is 0 Å². The number of allylic oxidation sites excluding steroid dienone is 8. The van der Waals surface area contributed by atoms with Crippen molar-refractivity contribution in [1.29, 1.82) is 0 Å². The van der Waals surface area contributed by atoms with Gasteiger partial charge in [0, 0.05) is 0 Å². The maximum atomic E-state index is 2.93. The summed E-state index contributed by atoms with van der Waals surface area (Å²) in [5, 5.41) is 2.91. The largest absolute Gasteiger partial charge is 0.109 e. The average Bonchev–Trinajstić information content (AvgIpc) is 2.57. The summed E-state index contributed by atoms with van der Waals surface area (Å²) in [7, 11) is 5.86. The second kappa shape index (κ2) is 4.25. The van der Waals surface area contributed by atoms with Crippen molar-refractivity contribution in [1.82, 2.24) is 0 Å². The molecule has 0 aromatic heterocycles. The zero-order valence-electron chi connectivity index (χ0n) is 10.6. The lowest BCUT2D eigenvalue weighted by Gasteiger charge is -2.12. The summed E-state index contributed by atoms with van der Waals surface area (Å²) in [6.45, 7) is 9.01. The highest BCUT2D eigenvalue weighted by Gasteiger charge is 2.25. The normalized spacial score (nSPS) is 22.1. The first-order valence-corrected chi connectivity index (χ1v) is 6.90. The van der Waals surface area contributed by atoms with Crippen molar-refractivity contribution in [2.24, 2.45) is 0 Å². The molecule has 2 rings (SSSR count). The Bertz CT molecular complexity index is 439. The average molecular weight is 250 g/mol. The van der Waals surface area contributed by atoms with Crippen molar-refractivity contribution in [2.75, 3.05) is 0 Å². The third kappa shape index (κ3) is 1.77. The fourth-order valence-electron chi connectivity index (χ4n) is 2.62. The molecule has 0 spiro atoms. The molecule has 0 N–H and O–H groups in total. The van der Waals surface area contributed by atoms with Crippen LogP contribution in [0.5, 0.6) is 0 Å². The van der Waals surface area contributed by atoms with Crippen molar-refractivity contribution >= 4 is 18.5 Å². The summed E-state index contributed by atoms with van der Waals surface area (Å²) in [4.78, 5) is 0. The summed E-state index contributed by atoms with van der Waals surface area (Å²) < 4.78 is 0. The third-order valence-corrected chi connectivity index (χ3v) is 4.82. The summed E-state index contributed by atoms with van der Waals surface area (Å²) in [5.74, 6) is 0. The minimum absolute atomic E-state index is 1.12. The molecular weight excluding hydrogens is 230 g/mol. The Morgan fingerprint density at radius 3 is 1.19 bits per heavy atom. The Labute approximate surface area is 103 Å². The van der Waals surface area contributed by atoms with Crippen molar-refractivity contribution in [2.45, 2.75) is 40.5 Å². The first kappa shape index (κ1) is 12.3. The zero-order valence-corrected chi connectivity index (χ0v) is 12.9. The molecule has 0 saturated carbocycles. The molecule has 2 aliphatic carbocycles. The molecule has 0 radical (unpaired) electrons. The van der Waals surface area contributed by atoms with Crippen LogP contribution in [-0.4, -0.2) is 0 Å². The first-order valence-electron chi connectivity index (χ1n) is 5.74. The van der Waals surface area contributed by atoms with Gasteiger partial charge in [-0.3, -0.25) is 0 Å². The molecule has 0 fully saturated rings. The highest BCUT2D eigenvalue weighted by atomic mass is 31.0. The Morgan fingerprint density at radius 2 is 1.00 bits per heavy atom. The lowest BCUT2D eigenvalue weighted by Crippen LogP contribution is -1.92. The highest BCUT2D eigenvalue weighted by Crippen LogP contribution is 2.47. The molecule has 0 heterocycles. The van der Waals surface area contributed by atoms with E-state index < -0.39 is 0 Å². The van der Waals surface area contributed by atoms with Crippen molar-refractivity contribution < 1.29 is 0 Å². The summed E-state index contributed by atoms with van der Waals surface area (Å²) in [6, 6.07) is 0. The van der Waals surface area contributed by atoms with E-state index >= 15 is 0 Å². The third-order valence-electron chi connectivity index (χ3n) is 3.83. The fraction of sp³-hybridized carbons (Fsp3) is 0.429. The second-order valence-electron chi connectivity index (χ2n) is 4.96. The number of hydrogen-bond acceptors (Lipinski definition) is 0. The SMILES string of the molecule is CC1=C(C)C(C2=C(P)CC(C)=C2C)=C(P)C1. The molecule has 2 aliphatic rings. The lowest BCUT2D eigenvalue weighted by molar-refractivity contribution is 1.20. The van der Waals surface area contributed by atoms with Gasteiger partial charge in [-0.15, -0.1) is 18.5 Å². The molecule has 86 valence electrons. The van der Waals surface area contributed by atoms with E-state index in [0.717, 1.165) is 12.8 Å². The van der Waals surface area contributed by atoms with E-state index in [2.05, 4.69) is 46.2 Å². The van der Waals surface area contributed by atoms with E-state index in [-0.39, 0.29) is 0 Å². The highest BCUT2D eigenvalue weighted by molar-refractivity contribution is 7.23. The van der Waals surface area contributed by atoms with E-state index in [1.807, 2.05) is 0 Å². The van der Waals surface area contributed by atoms with Crippen LogP contribution >= 0.6 is 18.5 Å². The maximum absolute atomic E-state index is 2.93. The van der Waals surface area contributed by atoms with E-state index in [1.165, 1.54) is 44.1 Å². The molecule has 0 bridgehead atoms. The number of rotatable bonds is 1. The van der Waals surface area contributed by atoms with Crippen LogP contribution in [0, 0.1) is 0 Å². The summed E-state index contributed by atoms with van der Waals surface area (Å²) >= 11 is 0. The van der Waals surface area contributed by atoms with Gasteiger partial charge in [-0.2, -0.15) is 0 Å². The van der Waals surface area contributed by atoms with Gasteiger partial charge in [0.25, 0.3) is 0 Å². The van der Waals surface area contributed by atoms with E-state index in [0.29, 0.717) is 0 Å². The van der Waals surface area contributed by atoms with Gasteiger partial charge in [-0.05, 0) is 73.5 Å². The first-order chi connectivity index (χ1) is 7.43. The Morgan fingerprint density at radius 1 is 0.688 bits per heavy atom. The molecule has 0 amide bonds. The van der Waals surface area contributed by atoms with Gasteiger partial charge in [0.2, 0.25) is 0 Å². The Balaban J connectivity index is 2.56. The molecule has 0 nitrogen and oxygen atoms in total. The van der Waals surface area contributed by atoms with Crippen LogP contribution in [-0.2, 0) is 0 Å². The lowest BCUT2D eigenvalue weighted by atomic mass is 9.96. The topological polar surface area (TPSA) is 0 Å². The molecule has 0 saturated heterocycles. The van der Waals surface area contributed by atoms with Crippen LogP contribution in [0.4, 0.5) is 0 Å². The summed E-state index contributed by atoms with van der Waals surface area (Å²) in [6.07, 6.45) is 2.25. The van der Waals surface area contributed by atoms with Crippen LogP contribution in [0.3, 0.4) is 0 Å². The van der Waals surface area contributed by atoms with Crippen LogP contribution in [0.25, 0.3) is 0 Å². The van der Waals surface area contributed by atoms with E-state index in [1.54, 1.807) is 0 Å². The van der Waals surface area contributed by atoms with Crippen LogP contribution < -0.4 is 0 Å². The predicted molar refractivity (Wildman–Crippen MR) is 79.5 cm³/mol. The standard InChI is InChI=1S/C14H20P2/c1-7-5-11(15)13(9(7)3)14-10(4)8(2)6-12(14)16/h5-6,15-16H2,1-4H3. The maximum Gasteiger partial charge on any atom is -0.00585 e. The zero-order chi connectivity index (χ0) is 12.0. The minimum Gasteiger partial charge on any atom is -0.109 e. The van der Waals surface area contributed by atoms with Crippen LogP contribution in [0.1, 0.15) is 40.5 Å². The predicted octanol–water partition coefficient (Wildman–Crippen LogP) is 4.73. The molecule has 2 heteroatoms. The van der Waals surface area contributed by atoms with E-state index in [4.69, 9.17) is 0 Å². The molecule has 0 aliphatic heterocycles. The van der Waals surface area contributed by atoms with Gasteiger partial charge in [0.15, 0.2) is 0 Å². The molecule has 16 heavy (non-hydrogen) atoms. The monoisotopic (exact) mass is 250 g/mol. The summed E-state index contributed by atoms with van der Waals surface area (Å²) in [5.41, 5.74) is 8.97. The van der Waals surface area contributed by atoms with Crippen molar-refractivity contribution in [3.8, 4) is 0 Å². The smallest absolute Gasteiger partial charge is 0.00585 e. The van der Waals surface area contributed by atoms with Crippen LogP contribution in [0.2, 0.25) is 0 Å². The molecule has 0 aromatic carbocycles. The van der Waals surface area contributed by atoms with Gasteiger partial charge in [-0.1, -0.05) is 11.1 Å². The van der Waals surface area contributed by atoms with Gasteiger partial charge in [-0.25, -0.2) is 0 Å². The van der Waals surface area contributed by atoms with Gasteiger partial charge >= 0.3 is 0 Å². The van der Waals surface area contributed by atoms with Gasteiger partial charge < -0.3 is 0 Å². The minimum atomic E-state index is 1.12. The molecule has 0 aromatic rings. The van der Waals surface area contributed by atoms with Gasteiger partial charge in [0.1, 0.15) is 0 Å². The quantitative estimate of drug-likeness (QED) is 0.590. The molecule has 2 atom stereocenters. The van der Waals surface area contributed by atoms with E-state index in [9.17, 15) is 0 Å². The number of hydrogen-bond donors (Lipinski definition) is 0. The Hall–Kier alpha value is -0.180. The second-order valence-corrected chi connectivity index (χ2v) is 6.36. The van der Waals surface area contributed by atoms with Crippen molar-refractivity contribution in [3.63, 3.8) is 0 Å². The Kier molecular flexibility index (Phi) is 3.26. The molecule has 2 unspecified atom stereocenters.